The zero-order valence-corrected chi connectivity index (χ0v) is 36.3. The van der Waals surface area contributed by atoms with Crippen molar-refractivity contribution in [2.24, 2.45) is 0 Å². The van der Waals surface area contributed by atoms with Crippen LogP contribution in [0, 0.1) is 0 Å². The summed E-state index contributed by atoms with van der Waals surface area (Å²) in [5.74, 6) is 0.721. The van der Waals surface area contributed by atoms with E-state index in [2.05, 4.69) is 25.5 Å². The first-order valence-electron chi connectivity index (χ1n) is 20.9. The van der Waals surface area contributed by atoms with Crippen LogP contribution in [0.15, 0.2) is 78.9 Å². The lowest BCUT2D eigenvalue weighted by atomic mass is 10.00. The zero-order valence-electron chi connectivity index (χ0n) is 33.9. The number of fused-ring (bicyclic) bond motifs is 5. The molecule has 9 rings (SSSR count). The van der Waals surface area contributed by atoms with Crippen LogP contribution in [0.2, 0.25) is 0 Å². The predicted molar refractivity (Wildman–Crippen MR) is 249 cm³/mol. The van der Waals surface area contributed by atoms with E-state index < -0.39 is 0 Å². The number of likely N-dealkylation sites (tertiary alicyclic amines) is 2. The minimum absolute atomic E-state index is 0.0574. The Balaban J connectivity index is 0.909. The fraction of sp³-hybridized carbons (Fsp3) is 0.348. The average molecular weight is 879 g/mol. The first-order valence-corrected chi connectivity index (χ1v) is 24.2. The van der Waals surface area contributed by atoms with Gasteiger partial charge in [0.1, 0.15) is 17.1 Å². The van der Waals surface area contributed by atoms with Crippen LogP contribution in [-0.4, -0.2) is 99.7 Å². The number of rotatable bonds is 11. The van der Waals surface area contributed by atoms with Crippen LogP contribution < -0.4 is 20.3 Å². The van der Waals surface area contributed by atoms with Crippen molar-refractivity contribution in [1.82, 2.24) is 19.8 Å². The number of amides is 4. The second kappa shape index (κ2) is 18.1. The smallest absolute Gasteiger partial charge is 0.409 e. The van der Waals surface area contributed by atoms with Gasteiger partial charge < -0.3 is 40.0 Å². The van der Waals surface area contributed by atoms with Gasteiger partial charge in [0.15, 0.2) is 0 Å². The highest BCUT2D eigenvalue weighted by atomic mass is 35.5. The quantitative estimate of drug-likeness (QED) is 0.0573. The van der Waals surface area contributed by atoms with E-state index in [9.17, 15) is 19.2 Å². The van der Waals surface area contributed by atoms with Gasteiger partial charge in [-0.05, 0) is 111 Å². The van der Waals surface area contributed by atoms with Crippen molar-refractivity contribution in [2.75, 3.05) is 59.6 Å². The molecule has 0 bridgehead atoms. The Morgan fingerprint density at radius 1 is 0.803 bits per heavy atom. The topological polar surface area (TPSA) is 143 Å². The van der Waals surface area contributed by atoms with E-state index in [1.807, 2.05) is 71.8 Å². The molecule has 0 aliphatic carbocycles. The highest BCUT2D eigenvalue weighted by Crippen LogP contribution is 2.43. The maximum atomic E-state index is 14.5. The molecule has 1 atom stereocenters. The Morgan fingerprint density at radius 3 is 2.18 bits per heavy atom. The summed E-state index contributed by atoms with van der Waals surface area (Å²) in [6, 6.07) is 24.3. The van der Waals surface area contributed by atoms with Crippen LogP contribution in [0.3, 0.4) is 0 Å². The van der Waals surface area contributed by atoms with Crippen LogP contribution in [-0.2, 0) is 11.2 Å². The van der Waals surface area contributed by atoms with Crippen LogP contribution in [0.5, 0.6) is 5.75 Å². The summed E-state index contributed by atoms with van der Waals surface area (Å²) in [6.07, 6.45) is 8.25. The maximum Gasteiger partial charge on any atom is 0.415 e. The molecule has 0 radical (unpaired) electrons. The molecule has 0 spiro atoms. The normalized spacial score (nSPS) is 17.2. The molecule has 61 heavy (non-hydrogen) atoms. The molecule has 3 aliphatic heterocycles. The predicted octanol–water partition coefficient (Wildman–Crippen LogP) is 9.65. The van der Waals surface area contributed by atoms with E-state index in [4.69, 9.17) is 16.3 Å². The van der Waals surface area contributed by atoms with Crippen molar-refractivity contribution in [3.63, 3.8) is 0 Å². The number of hydrogen-bond acceptors (Lipinski definition) is 8. The maximum absolute atomic E-state index is 14.5. The molecule has 12 nitrogen and oxygen atoms in total. The number of alkyl halides is 1. The Morgan fingerprint density at radius 2 is 1.48 bits per heavy atom. The molecule has 2 fully saturated rings. The molecule has 4 aromatic carbocycles. The number of anilines is 3. The molecule has 3 aliphatic rings. The van der Waals surface area contributed by atoms with Gasteiger partial charge in [0.05, 0.1) is 11.7 Å². The lowest BCUT2D eigenvalue weighted by molar-refractivity contribution is -0.115. The molecule has 6 aromatic rings. The van der Waals surface area contributed by atoms with E-state index in [1.54, 1.807) is 44.7 Å². The van der Waals surface area contributed by atoms with Gasteiger partial charge in [-0.15, -0.1) is 11.6 Å². The Kier molecular flexibility index (Phi) is 12.2. The molecular weight excluding hydrogens is 830 g/mol. The van der Waals surface area contributed by atoms with Crippen LogP contribution in [0.4, 0.5) is 21.9 Å². The Labute approximate surface area is 366 Å². The third kappa shape index (κ3) is 8.68. The van der Waals surface area contributed by atoms with E-state index in [-0.39, 0.29) is 35.7 Å². The number of H-pyrrole nitrogens is 2. The third-order valence-electron chi connectivity index (χ3n) is 12.2. The molecule has 4 amide bonds. The van der Waals surface area contributed by atoms with Crippen LogP contribution in [0.1, 0.15) is 65.1 Å². The molecule has 15 heteroatoms. The highest BCUT2D eigenvalue weighted by Gasteiger charge is 2.37. The Hall–Kier alpha value is -5.15. The SMILES string of the molecule is CSSCCC(=O)Nc1ccc2[nH]c(C(=O)Nc3ccc4[nH]c(C(=O)N5c6cc(OC(=O)N7CCC(N8CCCCC8)CC7)c7ccccc7c6C[C@H]5CCl)cc4c3)cc2c1. The molecule has 4 N–H and O–H groups in total. The van der Waals surface area contributed by atoms with Crippen molar-refractivity contribution in [3.8, 4) is 5.75 Å². The summed E-state index contributed by atoms with van der Waals surface area (Å²) < 4.78 is 6.19. The van der Waals surface area contributed by atoms with Gasteiger partial charge in [-0.1, -0.05) is 52.3 Å². The van der Waals surface area contributed by atoms with Gasteiger partial charge in [0.25, 0.3) is 11.8 Å². The highest BCUT2D eigenvalue weighted by molar-refractivity contribution is 8.76. The third-order valence-corrected chi connectivity index (χ3v) is 14.3. The number of aromatic nitrogens is 2. The minimum atomic E-state index is -0.374. The molecule has 2 aromatic heterocycles. The monoisotopic (exact) mass is 877 g/mol. The number of nitrogens with one attached hydrogen (secondary N) is 4. The van der Waals surface area contributed by atoms with E-state index in [0.717, 1.165) is 69.8 Å². The van der Waals surface area contributed by atoms with E-state index >= 15 is 0 Å². The first kappa shape index (κ1) is 41.2. The summed E-state index contributed by atoms with van der Waals surface area (Å²) in [5, 5.41) is 9.18. The average Bonchev–Trinajstić information content (AvgIpc) is 4.02. The molecular formula is C46H48ClN7O5S2. The summed E-state index contributed by atoms with van der Waals surface area (Å²) in [4.78, 5) is 66.5. The number of ether oxygens (including phenoxy) is 1. The fourth-order valence-corrected chi connectivity index (χ4v) is 10.5. The molecule has 2 saturated heterocycles. The number of benzene rings is 4. The van der Waals surface area contributed by atoms with Gasteiger partial charge in [0, 0.05) is 81.8 Å². The summed E-state index contributed by atoms with van der Waals surface area (Å²) in [6.45, 7) is 3.59. The standard InChI is InChI=1S/C46H48ClN7O5S2/c1-60-61-20-15-43(55)48-30-9-11-37-28(21-30)23-39(50-37)44(56)49-31-10-12-38-29(22-31)24-40(51-38)45(57)54-33(27-47)25-36-34-7-3-4-8-35(34)42(26-41(36)54)59-46(58)53-18-13-32(14-19-53)52-16-5-2-6-17-52/h3-4,7-12,21-24,26,32-33,50-51H,2,5-6,13-20,25,27H2,1H3,(H,48,55)(H,49,56)/t33-/m0/s1. The van der Waals surface area contributed by atoms with E-state index in [1.165, 1.54) is 19.3 Å². The first-order chi connectivity index (χ1) is 29.8. The summed E-state index contributed by atoms with van der Waals surface area (Å²) in [7, 11) is 3.27. The number of nitrogens with zero attached hydrogens (tertiary/aromatic N) is 3. The van der Waals surface area contributed by atoms with Gasteiger partial charge in [0.2, 0.25) is 5.91 Å². The minimum Gasteiger partial charge on any atom is -0.409 e. The lowest BCUT2D eigenvalue weighted by Gasteiger charge is -2.39. The zero-order chi connectivity index (χ0) is 42.0. The molecule has 316 valence electrons. The molecule has 0 saturated carbocycles. The number of aromatic amines is 2. The Bertz CT molecular complexity index is 2630. The van der Waals surface area contributed by atoms with Crippen molar-refractivity contribution in [2.45, 2.75) is 57.0 Å². The largest absolute Gasteiger partial charge is 0.415 e. The lowest BCUT2D eigenvalue weighted by Crippen LogP contribution is -2.48. The number of carbonyl (C=O) groups is 4. The number of halogens is 1. The van der Waals surface area contributed by atoms with E-state index in [0.29, 0.717) is 66.2 Å². The second-order valence-electron chi connectivity index (χ2n) is 16.0. The van der Waals surface area contributed by atoms with Gasteiger partial charge in [-0.25, -0.2) is 4.79 Å². The van der Waals surface area contributed by atoms with Gasteiger partial charge in [-0.2, -0.15) is 0 Å². The molecule has 0 unspecified atom stereocenters. The van der Waals surface area contributed by atoms with Crippen molar-refractivity contribution < 1.29 is 23.9 Å². The molecule has 5 heterocycles. The summed E-state index contributed by atoms with van der Waals surface area (Å²) >= 11 is 6.58. The number of hydrogen-bond donors (Lipinski definition) is 4. The summed E-state index contributed by atoms with van der Waals surface area (Å²) in [5.41, 5.74) is 5.12. The number of carbonyl (C=O) groups excluding carboxylic acids is 4. The van der Waals surface area contributed by atoms with Crippen molar-refractivity contribution in [1.29, 1.82) is 0 Å². The van der Waals surface area contributed by atoms with Crippen molar-refractivity contribution >= 4 is 107 Å². The second-order valence-corrected chi connectivity index (χ2v) is 19.0. The van der Waals surface area contributed by atoms with Gasteiger partial charge >= 0.3 is 6.09 Å². The number of piperidine rings is 2. The van der Waals surface area contributed by atoms with Crippen molar-refractivity contribution in [3.05, 3.63) is 95.8 Å². The van der Waals surface area contributed by atoms with Crippen LogP contribution >= 0.6 is 33.2 Å². The van der Waals surface area contributed by atoms with Gasteiger partial charge in [-0.3, -0.25) is 14.4 Å². The van der Waals surface area contributed by atoms with Crippen LogP contribution in [0.25, 0.3) is 32.6 Å². The fourth-order valence-electron chi connectivity index (χ4n) is 9.11.